The molecule has 5 nitrogen and oxygen atoms in total. The fraction of sp³-hybridized carbons (Fsp3) is 0.385. The molecule has 2 heterocycles. The van der Waals surface area contributed by atoms with Crippen LogP contribution in [0.4, 0.5) is 11.4 Å². The van der Waals surface area contributed by atoms with Gasteiger partial charge < -0.3 is 14.8 Å². The van der Waals surface area contributed by atoms with Crippen LogP contribution in [0.2, 0.25) is 0 Å². The first-order chi connectivity index (χ1) is 26.8. The van der Waals surface area contributed by atoms with Gasteiger partial charge in [-0.1, -0.05) is 119 Å². The van der Waals surface area contributed by atoms with E-state index in [1.54, 1.807) is 12.5 Å². The topological polar surface area (TPSA) is 48.1 Å². The molecule has 0 saturated heterocycles. The number of hydrogen-bond acceptors (Lipinski definition) is 4. The number of rotatable bonds is 2. The van der Waals surface area contributed by atoms with E-state index >= 15 is 0 Å². The van der Waals surface area contributed by atoms with Crippen LogP contribution in [0, 0.1) is 3.57 Å². The molecule has 6 heteroatoms. The minimum Gasteiger partial charge on any atom is -0.378 e. The number of H-pyrrole nitrogens is 1. The number of aromatic amines is 1. The third-order valence-electron chi connectivity index (χ3n) is 10.2. The summed E-state index contributed by atoms with van der Waals surface area (Å²) in [5.74, 6) is 0. The van der Waals surface area contributed by atoms with E-state index in [2.05, 4.69) is 256 Å². The van der Waals surface area contributed by atoms with Crippen molar-refractivity contribution in [3.05, 3.63) is 142 Å². The zero-order chi connectivity index (χ0) is 43.2. The number of halogens is 1. The highest BCUT2D eigenvalue weighted by Crippen LogP contribution is 2.33. The fourth-order valence-electron chi connectivity index (χ4n) is 6.42. The zero-order valence-electron chi connectivity index (χ0n) is 38.1. The molecule has 1 N–H and O–H groups in total. The molecule has 0 aliphatic carbocycles. The fourth-order valence-corrected chi connectivity index (χ4v) is 6.78. The van der Waals surface area contributed by atoms with Crippen molar-refractivity contribution in [1.29, 1.82) is 0 Å². The molecule has 0 saturated carbocycles. The Morgan fingerprint density at radius 2 is 1.02 bits per heavy atom. The lowest BCUT2D eigenvalue weighted by Crippen LogP contribution is -2.12. The van der Waals surface area contributed by atoms with Gasteiger partial charge in [-0.15, -0.1) is 0 Å². The van der Waals surface area contributed by atoms with Gasteiger partial charge >= 0.3 is 0 Å². The Kier molecular flexibility index (Phi) is 14.9. The van der Waals surface area contributed by atoms with Crippen molar-refractivity contribution in [2.24, 2.45) is 0 Å². The van der Waals surface area contributed by atoms with Gasteiger partial charge in [0.2, 0.25) is 0 Å². The lowest BCUT2D eigenvalue weighted by atomic mass is 9.85. The molecule has 0 unspecified atom stereocenters. The van der Waals surface area contributed by atoms with Gasteiger partial charge in [-0.05, 0) is 138 Å². The SMILES string of the molecule is CC(C)(C)c1ccc(I)cc1.CC(C)(C)c1ccncn1.CN(C)c1ccc2[nH]cc(C(C)(C)C)c2c1.CN(C)c1ccc2cc3cc(C(C)(C)C)ccc3cc2c1. The van der Waals surface area contributed by atoms with E-state index < -0.39 is 0 Å². The van der Waals surface area contributed by atoms with Gasteiger partial charge in [0, 0.05) is 77.5 Å². The van der Waals surface area contributed by atoms with E-state index in [0.717, 1.165) is 5.69 Å². The van der Waals surface area contributed by atoms with E-state index in [-0.39, 0.29) is 21.7 Å². The van der Waals surface area contributed by atoms with Crippen LogP contribution >= 0.6 is 22.6 Å². The number of anilines is 2. The summed E-state index contributed by atoms with van der Waals surface area (Å²) in [5.41, 5.74) is 9.76. The van der Waals surface area contributed by atoms with Crippen LogP contribution in [-0.4, -0.2) is 43.1 Å². The first-order valence-corrected chi connectivity index (χ1v) is 21.4. The molecule has 0 atom stereocenters. The third-order valence-corrected chi connectivity index (χ3v) is 10.9. The highest BCUT2D eigenvalue weighted by molar-refractivity contribution is 14.1. The molecule has 7 aromatic rings. The van der Waals surface area contributed by atoms with E-state index in [1.165, 1.54) is 64.1 Å². The number of hydrogen-bond donors (Lipinski definition) is 1. The second-order valence-corrected chi connectivity index (χ2v) is 21.0. The standard InChI is InChI=1S/C20H23N.C14H20N2.C10H13I.C8H12N2/c1-20(2,3)18-8-6-14-11-17-13-19(21(4)5)9-7-15(17)10-16(14)12-18;1-14(2,3)12-9-15-13-7-6-10(16(4)5)8-11(12)13;1-10(2,3)8-4-6-9(11)7-5-8;1-8(2,3)7-4-5-9-6-10-7/h6-13H,1-5H3;6-9,15H,1-5H3;4-7H,1-3H3;4-6H,1-3H3. The van der Waals surface area contributed by atoms with Crippen LogP contribution in [0.15, 0.2) is 116 Å². The first-order valence-electron chi connectivity index (χ1n) is 20.3. The number of aromatic nitrogens is 3. The minimum atomic E-state index is 0.142. The molecule has 58 heavy (non-hydrogen) atoms. The Labute approximate surface area is 363 Å². The molecule has 0 fully saturated rings. The maximum absolute atomic E-state index is 4.14. The van der Waals surface area contributed by atoms with Crippen LogP contribution in [0.25, 0.3) is 32.4 Å². The Morgan fingerprint density at radius 3 is 1.50 bits per heavy atom. The summed E-state index contributed by atoms with van der Waals surface area (Å²) in [6.07, 6.45) is 5.48. The lowest BCUT2D eigenvalue weighted by molar-refractivity contribution is 0.567. The summed E-state index contributed by atoms with van der Waals surface area (Å²) in [5, 5.41) is 6.58. The van der Waals surface area contributed by atoms with Crippen LogP contribution in [0.5, 0.6) is 0 Å². The number of benzene rings is 5. The molecule has 7 rings (SSSR count). The van der Waals surface area contributed by atoms with E-state index in [0.29, 0.717) is 0 Å². The molecular formula is C52H68IN5. The molecule has 0 aliphatic heterocycles. The van der Waals surface area contributed by atoms with Crippen molar-refractivity contribution < 1.29 is 0 Å². The normalized spacial score (nSPS) is 11.9. The predicted octanol–water partition coefficient (Wildman–Crippen LogP) is 14.3. The Balaban J connectivity index is 0.000000179. The largest absolute Gasteiger partial charge is 0.378 e. The number of fused-ring (bicyclic) bond motifs is 3. The second-order valence-electron chi connectivity index (χ2n) is 19.8. The number of nitrogens with one attached hydrogen (secondary N) is 1. The van der Waals surface area contributed by atoms with Crippen LogP contribution in [0.1, 0.15) is 105 Å². The van der Waals surface area contributed by atoms with Crippen LogP contribution < -0.4 is 9.80 Å². The third kappa shape index (κ3) is 12.8. The van der Waals surface area contributed by atoms with Gasteiger partial charge in [-0.3, -0.25) is 0 Å². The summed E-state index contributed by atoms with van der Waals surface area (Å²) < 4.78 is 1.30. The van der Waals surface area contributed by atoms with Crippen molar-refractivity contribution in [2.45, 2.75) is 105 Å². The molecule has 0 amide bonds. The second kappa shape index (κ2) is 18.7. The molecule has 5 aromatic carbocycles. The van der Waals surface area contributed by atoms with Gasteiger partial charge in [0.05, 0.1) is 0 Å². The van der Waals surface area contributed by atoms with Crippen molar-refractivity contribution in [3.63, 3.8) is 0 Å². The zero-order valence-corrected chi connectivity index (χ0v) is 40.3. The predicted molar refractivity (Wildman–Crippen MR) is 264 cm³/mol. The minimum absolute atomic E-state index is 0.142. The summed E-state index contributed by atoms with van der Waals surface area (Å²) in [7, 11) is 8.31. The summed E-state index contributed by atoms with van der Waals surface area (Å²) in [4.78, 5) is 15.6. The van der Waals surface area contributed by atoms with Gasteiger partial charge in [0.1, 0.15) is 6.33 Å². The molecule has 2 aromatic heterocycles. The first kappa shape index (κ1) is 46.3. The molecular weight excluding hydrogens is 822 g/mol. The van der Waals surface area contributed by atoms with Gasteiger partial charge in [-0.25, -0.2) is 9.97 Å². The van der Waals surface area contributed by atoms with E-state index in [1.807, 2.05) is 6.07 Å². The Hall–Kier alpha value is -4.43. The molecule has 0 spiro atoms. The van der Waals surface area contributed by atoms with Crippen LogP contribution in [0.3, 0.4) is 0 Å². The highest BCUT2D eigenvalue weighted by Gasteiger charge is 2.19. The monoisotopic (exact) mass is 889 g/mol. The quantitative estimate of drug-likeness (QED) is 0.139. The highest BCUT2D eigenvalue weighted by atomic mass is 127. The maximum Gasteiger partial charge on any atom is 0.115 e. The molecule has 308 valence electrons. The van der Waals surface area contributed by atoms with Crippen molar-refractivity contribution in [3.8, 4) is 0 Å². The molecule has 0 aliphatic rings. The van der Waals surface area contributed by atoms with E-state index in [9.17, 15) is 0 Å². The summed E-state index contributed by atoms with van der Waals surface area (Å²) in [6, 6.07) is 35.3. The average Bonchev–Trinajstić information content (AvgIpc) is 3.58. The van der Waals surface area contributed by atoms with Gasteiger partial charge in [0.15, 0.2) is 0 Å². The maximum atomic E-state index is 4.14. The Morgan fingerprint density at radius 1 is 0.500 bits per heavy atom. The van der Waals surface area contributed by atoms with Gasteiger partial charge in [0.25, 0.3) is 0 Å². The van der Waals surface area contributed by atoms with Crippen molar-refractivity contribution in [1.82, 2.24) is 15.0 Å². The van der Waals surface area contributed by atoms with Gasteiger partial charge in [-0.2, -0.15) is 0 Å². The Bertz CT molecular complexity index is 2380. The smallest absolute Gasteiger partial charge is 0.115 e. The molecule has 0 bridgehead atoms. The molecule has 0 radical (unpaired) electrons. The number of nitrogens with zero attached hydrogens (tertiary/aromatic N) is 4. The van der Waals surface area contributed by atoms with Crippen molar-refractivity contribution >= 4 is 66.4 Å². The van der Waals surface area contributed by atoms with Crippen molar-refractivity contribution in [2.75, 3.05) is 38.0 Å². The van der Waals surface area contributed by atoms with Crippen LogP contribution in [-0.2, 0) is 21.7 Å². The summed E-state index contributed by atoms with van der Waals surface area (Å²) >= 11 is 2.32. The summed E-state index contributed by atoms with van der Waals surface area (Å²) in [6.45, 7) is 26.6. The lowest BCUT2D eigenvalue weighted by Gasteiger charge is -2.19. The van der Waals surface area contributed by atoms with E-state index in [4.69, 9.17) is 0 Å². The average molecular weight is 890 g/mol.